The van der Waals surface area contributed by atoms with Crippen LogP contribution in [-0.4, -0.2) is 46.4 Å². The van der Waals surface area contributed by atoms with Crippen LogP contribution >= 0.6 is 24.0 Å². The predicted octanol–water partition coefficient (Wildman–Crippen LogP) is 1.70. The van der Waals surface area contributed by atoms with Crippen LogP contribution in [0.1, 0.15) is 26.3 Å². The number of ether oxygens (including phenoxy) is 1. The monoisotopic (exact) mass is 484 g/mol. The van der Waals surface area contributed by atoms with Crippen LogP contribution in [0.15, 0.2) is 29.3 Å². The van der Waals surface area contributed by atoms with Gasteiger partial charge in [-0.05, 0) is 26.8 Å². The number of hydrogen-bond acceptors (Lipinski definition) is 4. The molecule has 1 aromatic rings. The lowest BCUT2D eigenvalue weighted by Crippen LogP contribution is -2.41. The smallest absolute Gasteiger partial charge is 0.211 e. The van der Waals surface area contributed by atoms with Gasteiger partial charge in [-0.25, -0.2) is 18.1 Å². The number of para-hydroxylation sites is 1. The number of hydrogen-bond donors (Lipinski definition) is 3. The van der Waals surface area contributed by atoms with Crippen LogP contribution in [0.4, 0.5) is 0 Å². The number of rotatable bonds is 10. The largest absolute Gasteiger partial charge is 0.494 e. The summed E-state index contributed by atoms with van der Waals surface area (Å²) in [7, 11) is -3.16. The summed E-state index contributed by atoms with van der Waals surface area (Å²) in [6, 6.07) is 7.79. The van der Waals surface area contributed by atoms with Crippen molar-refractivity contribution in [2.24, 2.45) is 4.99 Å². The fourth-order valence-electron chi connectivity index (χ4n) is 1.93. The highest BCUT2D eigenvalue weighted by Crippen LogP contribution is 2.18. The summed E-state index contributed by atoms with van der Waals surface area (Å²) < 4.78 is 30.9. The van der Waals surface area contributed by atoms with Crippen LogP contribution in [0.5, 0.6) is 5.75 Å². The Morgan fingerprint density at radius 2 is 1.84 bits per heavy atom. The maximum absolute atomic E-state index is 11.4. The Balaban J connectivity index is 0.00000576. The Labute approximate surface area is 168 Å². The van der Waals surface area contributed by atoms with Gasteiger partial charge in [-0.2, -0.15) is 0 Å². The lowest BCUT2D eigenvalue weighted by atomic mass is 10.2. The third-order valence-corrected chi connectivity index (χ3v) is 4.55. The van der Waals surface area contributed by atoms with Gasteiger partial charge in [0.2, 0.25) is 10.0 Å². The first-order chi connectivity index (χ1) is 11.5. The summed E-state index contributed by atoms with van der Waals surface area (Å²) in [4.78, 5) is 4.52. The number of nitrogens with one attached hydrogen (secondary N) is 3. The zero-order chi connectivity index (χ0) is 17.8. The van der Waals surface area contributed by atoms with Crippen molar-refractivity contribution >= 4 is 40.0 Å². The zero-order valence-corrected chi connectivity index (χ0v) is 18.2. The lowest BCUT2D eigenvalue weighted by Gasteiger charge is -2.13. The topological polar surface area (TPSA) is 91.8 Å². The van der Waals surface area contributed by atoms with Gasteiger partial charge in [0, 0.05) is 25.2 Å². The summed E-state index contributed by atoms with van der Waals surface area (Å²) in [5, 5.41) is 6.25. The normalized spacial score (nSPS) is 11.6. The Morgan fingerprint density at radius 1 is 1.12 bits per heavy atom. The van der Waals surface area contributed by atoms with E-state index < -0.39 is 10.0 Å². The van der Waals surface area contributed by atoms with Crippen molar-refractivity contribution in [1.29, 1.82) is 0 Å². The first-order valence-corrected chi connectivity index (χ1v) is 9.87. The summed E-state index contributed by atoms with van der Waals surface area (Å²) in [5.74, 6) is 1.55. The number of sulfonamides is 1. The molecule has 0 fully saturated rings. The molecule has 0 saturated heterocycles. The molecule has 0 heterocycles. The molecule has 9 heteroatoms. The van der Waals surface area contributed by atoms with Crippen molar-refractivity contribution in [3.63, 3.8) is 0 Å². The predicted molar refractivity (Wildman–Crippen MR) is 113 cm³/mol. The van der Waals surface area contributed by atoms with E-state index in [0.29, 0.717) is 32.2 Å². The maximum Gasteiger partial charge on any atom is 0.211 e. The molecule has 0 aliphatic heterocycles. The number of aliphatic imine (C=N–C) groups is 1. The van der Waals surface area contributed by atoms with Gasteiger partial charge in [0.15, 0.2) is 5.96 Å². The van der Waals surface area contributed by atoms with Crippen LogP contribution in [0.3, 0.4) is 0 Å². The average molecular weight is 484 g/mol. The van der Waals surface area contributed by atoms with Crippen LogP contribution in [0.2, 0.25) is 0 Å². The highest BCUT2D eigenvalue weighted by Gasteiger charge is 2.06. The third-order valence-electron chi connectivity index (χ3n) is 3.14. The van der Waals surface area contributed by atoms with E-state index in [2.05, 4.69) is 20.3 Å². The van der Waals surface area contributed by atoms with Crippen molar-refractivity contribution in [2.75, 3.05) is 32.0 Å². The molecule has 0 saturated carbocycles. The second-order valence-electron chi connectivity index (χ2n) is 4.96. The molecule has 25 heavy (non-hydrogen) atoms. The minimum atomic E-state index is -3.16. The SMILES string of the molecule is CCNC(=NCc1ccccc1OCC)NCCNS(=O)(=O)CC.I. The van der Waals surface area contributed by atoms with E-state index in [-0.39, 0.29) is 29.7 Å². The van der Waals surface area contributed by atoms with Gasteiger partial charge < -0.3 is 15.4 Å². The number of nitrogens with zero attached hydrogens (tertiary/aromatic N) is 1. The average Bonchev–Trinajstić information content (AvgIpc) is 2.58. The Kier molecular flexibility index (Phi) is 12.6. The van der Waals surface area contributed by atoms with E-state index in [4.69, 9.17) is 4.74 Å². The van der Waals surface area contributed by atoms with Crippen LogP contribution < -0.4 is 20.1 Å². The molecule has 0 amide bonds. The molecule has 0 radical (unpaired) electrons. The Hall–Kier alpha value is -1.07. The van der Waals surface area contributed by atoms with E-state index in [0.717, 1.165) is 17.9 Å². The highest BCUT2D eigenvalue weighted by molar-refractivity contribution is 14.0. The molecule has 0 unspecified atom stereocenters. The van der Waals surface area contributed by atoms with Gasteiger partial charge in [0.05, 0.1) is 18.9 Å². The summed E-state index contributed by atoms with van der Waals surface area (Å²) >= 11 is 0. The van der Waals surface area contributed by atoms with Gasteiger partial charge >= 0.3 is 0 Å². The molecule has 0 atom stereocenters. The van der Waals surface area contributed by atoms with Crippen molar-refractivity contribution in [3.05, 3.63) is 29.8 Å². The van der Waals surface area contributed by atoms with E-state index in [9.17, 15) is 8.42 Å². The Bertz CT molecular complexity index is 624. The molecule has 144 valence electrons. The fourth-order valence-corrected chi connectivity index (χ4v) is 2.54. The number of halogens is 1. The minimum absolute atomic E-state index is 0. The first-order valence-electron chi connectivity index (χ1n) is 8.22. The second kappa shape index (κ2) is 13.2. The van der Waals surface area contributed by atoms with Crippen molar-refractivity contribution in [2.45, 2.75) is 27.3 Å². The van der Waals surface area contributed by atoms with Crippen molar-refractivity contribution in [1.82, 2.24) is 15.4 Å². The zero-order valence-electron chi connectivity index (χ0n) is 15.0. The molecular weight excluding hydrogens is 455 g/mol. The molecule has 0 aliphatic carbocycles. The highest BCUT2D eigenvalue weighted by atomic mass is 127. The first kappa shape index (κ1) is 23.9. The molecule has 1 rings (SSSR count). The van der Waals surface area contributed by atoms with E-state index in [1.54, 1.807) is 6.92 Å². The fraction of sp³-hybridized carbons (Fsp3) is 0.562. The molecule has 1 aromatic carbocycles. The van der Waals surface area contributed by atoms with Crippen LogP contribution in [0, 0.1) is 0 Å². The molecule has 0 spiro atoms. The molecule has 0 aromatic heterocycles. The van der Waals surface area contributed by atoms with Crippen molar-refractivity contribution < 1.29 is 13.2 Å². The lowest BCUT2D eigenvalue weighted by molar-refractivity contribution is 0.336. The van der Waals surface area contributed by atoms with Gasteiger partial charge in [0.25, 0.3) is 0 Å². The van der Waals surface area contributed by atoms with Gasteiger partial charge in [-0.1, -0.05) is 18.2 Å². The molecular formula is C16H29IN4O3S. The summed E-state index contributed by atoms with van der Waals surface area (Å²) in [6.45, 7) is 8.11. The number of guanidine groups is 1. The third kappa shape index (κ3) is 9.85. The standard InChI is InChI=1S/C16H28N4O3S.HI/c1-4-17-16(18-11-12-20-24(21,22)6-3)19-13-14-9-7-8-10-15(14)23-5-2;/h7-10,20H,4-6,11-13H2,1-3H3,(H2,17,18,19);1H. The van der Waals surface area contributed by atoms with E-state index >= 15 is 0 Å². The van der Waals surface area contributed by atoms with Gasteiger partial charge in [0.1, 0.15) is 5.75 Å². The summed E-state index contributed by atoms with van der Waals surface area (Å²) in [6.07, 6.45) is 0. The van der Waals surface area contributed by atoms with E-state index in [1.165, 1.54) is 0 Å². The maximum atomic E-state index is 11.4. The molecule has 7 nitrogen and oxygen atoms in total. The molecule has 3 N–H and O–H groups in total. The summed E-state index contributed by atoms with van der Waals surface area (Å²) in [5.41, 5.74) is 1.00. The van der Waals surface area contributed by atoms with Gasteiger partial charge in [-0.3, -0.25) is 0 Å². The minimum Gasteiger partial charge on any atom is -0.494 e. The van der Waals surface area contributed by atoms with Crippen LogP contribution in [0.25, 0.3) is 0 Å². The Morgan fingerprint density at radius 3 is 2.48 bits per heavy atom. The molecule has 0 aliphatic rings. The van der Waals surface area contributed by atoms with Gasteiger partial charge in [-0.15, -0.1) is 24.0 Å². The molecule has 0 bridgehead atoms. The van der Waals surface area contributed by atoms with E-state index in [1.807, 2.05) is 38.1 Å². The quantitative estimate of drug-likeness (QED) is 0.204. The number of benzene rings is 1. The van der Waals surface area contributed by atoms with Crippen LogP contribution in [-0.2, 0) is 16.6 Å². The van der Waals surface area contributed by atoms with Crippen molar-refractivity contribution in [3.8, 4) is 5.75 Å². The second-order valence-corrected chi connectivity index (χ2v) is 7.06.